The molecule has 0 spiro atoms. The molecule has 1 saturated heterocycles. The molecule has 2 aromatic rings. The summed E-state index contributed by atoms with van der Waals surface area (Å²) in [4.78, 5) is 6.82. The molecule has 7 heteroatoms. The summed E-state index contributed by atoms with van der Waals surface area (Å²) in [6.45, 7) is 4.01. The minimum absolute atomic E-state index is 0.0175. The van der Waals surface area contributed by atoms with Crippen LogP contribution in [0.5, 0.6) is 0 Å². The van der Waals surface area contributed by atoms with Crippen LogP contribution in [-0.2, 0) is 10.0 Å². The number of hydrogen-bond donors (Lipinski definition) is 1. The van der Waals surface area contributed by atoms with Gasteiger partial charge in [-0.2, -0.15) is 0 Å². The van der Waals surface area contributed by atoms with Gasteiger partial charge in [0.15, 0.2) is 0 Å². The molecule has 1 N–H and O–H groups in total. The summed E-state index contributed by atoms with van der Waals surface area (Å²) in [6.07, 6.45) is 1.21. The molecule has 1 aliphatic rings. The highest BCUT2D eigenvalue weighted by Gasteiger charge is 2.26. The maximum atomic E-state index is 11.7. The van der Waals surface area contributed by atoms with Crippen LogP contribution in [0.2, 0.25) is 0 Å². The zero-order valence-electron chi connectivity index (χ0n) is 16.9. The van der Waals surface area contributed by atoms with Gasteiger partial charge in [-0.3, -0.25) is 4.90 Å². The Kier molecular flexibility index (Phi) is 6.59. The fourth-order valence-electron chi connectivity index (χ4n) is 3.61. The molecule has 2 aromatic carbocycles. The number of sulfonamides is 1. The van der Waals surface area contributed by atoms with Crippen molar-refractivity contribution in [2.24, 2.45) is 0 Å². The Labute approximate surface area is 168 Å². The Bertz CT molecular complexity index is 846. The minimum atomic E-state index is -3.24. The van der Waals surface area contributed by atoms with Gasteiger partial charge in [0.25, 0.3) is 0 Å². The first-order chi connectivity index (χ1) is 13.3. The second-order valence-corrected chi connectivity index (χ2v) is 9.31. The van der Waals surface area contributed by atoms with Crippen LogP contribution < -0.4 is 14.5 Å². The minimum Gasteiger partial charge on any atom is -0.378 e. The van der Waals surface area contributed by atoms with Crippen LogP contribution in [0.15, 0.2) is 54.6 Å². The number of piperazine rings is 1. The summed E-state index contributed by atoms with van der Waals surface area (Å²) in [5.74, 6) is 0. The number of rotatable bonds is 7. The molecule has 0 aliphatic carbocycles. The SMILES string of the molecule is CN(C)c1ccc([C@H](CNS(C)(=O)=O)N2CCN(c3ccccc3)CC2)cc1. The van der Waals surface area contributed by atoms with Crippen molar-refractivity contribution in [1.82, 2.24) is 9.62 Å². The van der Waals surface area contributed by atoms with Crippen molar-refractivity contribution in [3.63, 3.8) is 0 Å². The first-order valence-corrected chi connectivity index (χ1v) is 11.5. The van der Waals surface area contributed by atoms with Crippen LogP contribution in [0.1, 0.15) is 11.6 Å². The highest BCUT2D eigenvalue weighted by atomic mass is 32.2. The van der Waals surface area contributed by atoms with Crippen LogP contribution in [0.25, 0.3) is 0 Å². The third-order valence-corrected chi connectivity index (χ3v) is 5.90. The van der Waals surface area contributed by atoms with Crippen molar-refractivity contribution < 1.29 is 8.42 Å². The molecule has 0 unspecified atom stereocenters. The zero-order valence-corrected chi connectivity index (χ0v) is 17.7. The van der Waals surface area contributed by atoms with Crippen LogP contribution in [-0.4, -0.2) is 66.4 Å². The molecule has 1 aliphatic heterocycles. The molecule has 1 fully saturated rings. The van der Waals surface area contributed by atoms with Crippen molar-refractivity contribution >= 4 is 21.4 Å². The van der Waals surface area contributed by atoms with Crippen molar-refractivity contribution in [2.75, 3.05) is 62.9 Å². The fourth-order valence-corrected chi connectivity index (χ4v) is 4.07. The van der Waals surface area contributed by atoms with Gasteiger partial charge in [-0.15, -0.1) is 0 Å². The second-order valence-electron chi connectivity index (χ2n) is 7.48. The lowest BCUT2D eigenvalue weighted by Crippen LogP contribution is -2.49. The molecule has 3 rings (SSSR count). The first kappa shape index (κ1) is 20.6. The highest BCUT2D eigenvalue weighted by Crippen LogP contribution is 2.25. The summed E-state index contributed by atoms with van der Waals surface area (Å²) < 4.78 is 26.1. The van der Waals surface area contributed by atoms with Gasteiger partial charge >= 0.3 is 0 Å². The van der Waals surface area contributed by atoms with Gasteiger partial charge in [0.2, 0.25) is 10.0 Å². The van der Waals surface area contributed by atoms with E-state index in [1.54, 1.807) is 0 Å². The number of anilines is 2. The Morgan fingerprint density at radius 3 is 2.11 bits per heavy atom. The molecule has 0 amide bonds. The van der Waals surface area contributed by atoms with Gasteiger partial charge in [0, 0.05) is 64.2 Å². The van der Waals surface area contributed by atoms with Gasteiger partial charge in [0.05, 0.1) is 6.26 Å². The molecule has 0 bridgehead atoms. The average Bonchev–Trinajstić information content (AvgIpc) is 2.69. The maximum Gasteiger partial charge on any atom is 0.208 e. The van der Waals surface area contributed by atoms with Crippen LogP contribution in [0.4, 0.5) is 11.4 Å². The lowest BCUT2D eigenvalue weighted by molar-refractivity contribution is 0.187. The molecule has 0 saturated carbocycles. The van der Waals surface area contributed by atoms with E-state index in [0.717, 1.165) is 37.4 Å². The van der Waals surface area contributed by atoms with Gasteiger partial charge in [0.1, 0.15) is 0 Å². The van der Waals surface area contributed by atoms with E-state index in [0.29, 0.717) is 6.54 Å². The molecule has 152 valence electrons. The summed E-state index contributed by atoms with van der Waals surface area (Å²) in [7, 11) is 0.792. The Morgan fingerprint density at radius 2 is 1.57 bits per heavy atom. The number of nitrogens with zero attached hydrogens (tertiary/aromatic N) is 3. The molecule has 1 heterocycles. The second kappa shape index (κ2) is 8.94. The molecule has 6 nitrogen and oxygen atoms in total. The van der Waals surface area contributed by atoms with Gasteiger partial charge in [-0.1, -0.05) is 30.3 Å². The number of nitrogens with one attached hydrogen (secondary N) is 1. The first-order valence-electron chi connectivity index (χ1n) is 9.59. The molecule has 28 heavy (non-hydrogen) atoms. The van der Waals surface area contributed by atoms with E-state index in [-0.39, 0.29) is 6.04 Å². The summed E-state index contributed by atoms with van der Waals surface area (Å²) in [5.41, 5.74) is 3.51. The Balaban J connectivity index is 1.73. The van der Waals surface area contributed by atoms with Gasteiger partial charge in [-0.05, 0) is 29.8 Å². The predicted octanol–water partition coefficient (Wildman–Crippen LogP) is 2.17. The van der Waals surface area contributed by atoms with Gasteiger partial charge in [-0.25, -0.2) is 13.1 Å². The van der Waals surface area contributed by atoms with E-state index < -0.39 is 10.0 Å². The van der Waals surface area contributed by atoms with Crippen molar-refractivity contribution in [1.29, 1.82) is 0 Å². The van der Waals surface area contributed by atoms with E-state index in [1.807, 2.05) is 20.2 Å². The van der Waals surface area contributed by atoms with Crippen molar-refractivity contribution in [3.8, 4) is 0 Å². The smallest absolute Gasteiger partial charge is 0.208 e. The topological polar surface area (TPSA) is 55.9 Å². The highest BCUT2D eigenvalue weighted by molar-refractivity contribution is 7.88. The monoisotopic (exact) mass is 402 g/mol. The van der Waals surface area contributed by atoms with Crippen molar-refractivity contribution in [2.45, 2.75) is 6.04 Å². The fraction of sp³-hybridized carbons (Fsp3) is 0.429. The van der Waals surface area contributed by atoms with E-state index in [4.69, 9.17) is 0 Å². The molecule has 1 atom stereocenters. The summed E-state index contributed by atoms with van der Waals surface area (Å²) in [5, 5.41) is 0. The van der Waals surface area contributed by atoms with Crippen LogP contribution in [0.3, 0.4) is 0 Å². The summed E-state index contributed by atoms with van der Waals surface area (Å²) in [6, 6.07) is 18.8. The lowest BCUT2D eigenvalue weighted by atomic mass is 10.0. The largest absolute Gasteiger partial charge is 0.378 e. The van der Waals surface area contributed by atoms with Gasteiger partial charge < -0.3 is 9.80 Å². The third kappa shape index (κ3) is 5.47. The van der Waals surface area contributed by atoms with E-state index in [1.165, 1.54) is 11.9 Å². The summed E-state index contributed by atoms with van der Waals surface area (Å²) >= 11 is 0. The van der Waals surface area contributed by atoms with E-state index in [9.17, 15) is 8.42 Å². The number of para-hydroxylation sites is 1. The third-order valence-electron chi connectivity index (χ3n) is 5.21. The Morgan fingerprint density at radius 1 is 0.964 bits per heavy atom. The molecular weight excluding hydrogens is 372 g/mol. The molecule has 0 aromatic heterocycles. The normalized spacial score (nSPS) is 16.8. The predicted molar refractivity (Wildman–Crippen MR) is 117 cm³/mol. The van der Waals surface area contributed by atoms with E-state index in [2.05, 4.69) is 68.0 Å². The van der Waals surface area contributed by atoms with Crippen LogP contribution in [0, 0.1) is 0 Å². The molecular formula is C21H30N4O2S. The van der Waals surface area contributed by atoms with Crippen LogP contribution >= 0.6 is 0 Å². The number of hydrogen-bond acceptors (Lipinski definition) is 5. The lowest BCUT2D eigenvalue weighted by Gasteiger charge is -2.40. The van der Waals surface area contributed by atoms with E-state index >= 15 is 0 Å². The standard InChI is InChI=1S/C21H30N4O2S/c1-23(2)19-11-9-18(10-12-19)21(17-22-28(3,26)27)25-15-13-24(14-16-25)20-7-5-4-6-8-20/h4-12,21-22H,13-17H2,1-3H3/t21-/m0/s1. The quantitative estimate of drug-likeness (QED) is 0.769. The average molecular weight is 403 g/mol. The van der Waals surface area contributed by atoms with Crippen molar-refractivity contribution in [3.05, 3.63) is 60.2 Å². The molecule has 0 radical (unpaired) electrons. The zero-order chi connectivity index (χ0) is 20.1. The maximum absolute atomic E-state index is 11.7. The number of benzene rings is 2. The Hall–Kier alpha value is -2.09.